The fraction of sp³-hybridized carbons (Fsp3) is 0.200. The highest BCUT2D eigenvalue weighted by atomic mass is 32.1. The van der Waals surface area contributed by atoms with Gasteiger partial charge in [-0.15, -0.1) is 0 Å². The standard InChI is InChI=1S/C15H16N2O2S/c1-17(9-12-6-7-19-10-12)14(18)8-11-2-4-13(5-3-11)15(16)20/h2-7,10H,8-9H2,1H3,(H2,16,20). The molecule has 20 heavy (non-hydrogen) atoms. The number of thiocarbonyl (C=S) groups is 1. The lowest BCUT2D eigenvalue weighted by Gasteiger charge is -2.16. The molecule has 0 saturated carbocycles. The molecule has 0 spiro atoms. The van der Waals surface area contributed by atoms with Crippen LogP contribution in [0.5, 0.6) is 0 Å². The van der Waals surface area contributed by atoms with Crippen LogP contribution in [0.2, 0.25) is 0 Å². The van der Waals surface area contributed by atoms with Crippen molar-refractivity contribution in [2.24, 2.45) is 5.73 Å². The first-order chi connectivity index (χ1) is 9.56. The lowest BCUT2D eigenvalue weighted by atomic mass is 10.1. The normalized spacial score (nSPS) is 10.2. The van der Waals surface area contributed by atoms with Crippen LogP contribution in [0.25, 0.3) is 0 Å². The number of rotatable bonds is 5. The van der Waals surface area contributed by atoms with Gasteiger partial charge in [0.1, 0.15) is 4.99 Å². The average Bonchev–Trinajstić information content (AvgIpc) is 2.92. The molecule has 4 nitrogen and oxygen atoms in total. The third kappa shape index (κ3) is 3.68. The molecule has 2 N–H and O–H groups in total. The maximum atomic E-state index is 12.1. The molecule has 1 aromatic carbocycles. The summed E-state index contributed by atoms with van der Waals surface area (Å²) < 4.78 is 4.99. The molecule has 0 fully saturated rings. The molecule has 0 aliphatic rings. The zero-order chi connectivity index (χ0) is 14.5. The van der Waals surface area contributed by atoms with Gasteiger partial charge in [0.2, 0.25) is 5.91 Å². The quantitative estimate of drug-likeness (QED) is 0.856. The van der Waals surface area contributed by atoms with Crippen LogP contribution in [0.3, 0.4) is 0 Å². The number of likely N-dealkylation sites (N-methyl/N-ethyl adjacent to an activating group) is 1. The molecule has 5 heteroatoms. The van der Waals surface area contributed by atoms with Gasteiger partial charge in [-0.1, -0.05) is 36.5 Å². The van der Waals surface area contributed by atoms with E-state index in [1.807, 2.05) is 30.3 Å². The first-order valence-corrected chi connectivity index (χ1v) is 6.61. The summed E-state index contributed by atoms with van der Waals surface area (Å²) in [6, 6.07) is 9.26. The zero-order valence-corrected chi connectivity index (χ0v) is 12.0. The number of furan rings is 1. The highest BCUT2D eigenvalue weighted by Crippen LogP contribution is 2.09. The van der Waals surface area contributed by atoms with Crippen LogP contribution >= 0.6 is 12.2 Å². The van der Waals surface area contributed by atoms with Gasteiger partial charge in [0, 0.05) is 24.7 Å². The summed E-state index contributed by atoms with van der Waals surface area (Å²) in [5.74, 6) is 0.0503. The largest absolute Gasteiger partial charge is 0.472 e. The summed E-state index contributed by atoms with van der Waals surface area (Å²) in [5, 5.41) is 0. The topological polar surface area (TPSA) is 59.5 Å². The maximum absolute atomic E-state index is 12.1. The summed E-state index contributed by atoms with van der Waals surface area (Å²) in [6.07, 6.45) is 3.59. The number of carbonyl (C=O) groups excluding carboxylic acids is 1. The molecule has 2 aromatic rings. The van der Waals surface area contributed by atoms with E-state index in [4.69, 9.17) is 22.4 Å². The first kappa shape index (κ1) is 14.3. The molecule has 1 heterocycles. The van der Waals surface area contributed by atoms with Crippen molar-refractivity contribution in [1.82, 2.24) is 4.90 Å². The van der Waals surface area contributed by atoms with Crippen LogP contribution in [0.15, 0.2) is 47.3 Å². The number of benzene rings is 1. The van der Waals surface area contributed by atoms with Gasteiger partial charge in [-0.3, -0.25) is 4.79 Å². The van der Waals surface area contributed by atoms with Crippen molar-refractivity contribution in [3.05, 3.63) is 59.5 Å². The molecule has 1 aromatic heterocycles. The average molecular weight is 288 g/mol. The van der Waals surface area contributed by atoms with Gasteiger partial charge >= 0.3 is 0 Å². The molecule has 2 rings (SSSR count). The molecular weight excluding hydrogens is 272 g/mol. The molecule has 0 saturated heterocycles. The Hall–Kier alpha value is -2.14. The predicted molar refractivity (Wildman–Crippen MR) is 81.2 cm³/mol. The molecule has 0 bridgehead atoms. The summed E-state index contributed by atoms with van der Waals surface area (Å²) in [4.78, 5) is 14.1. The van der Waals surface area contributed by atoms with E-state index in [1.165, 1.54) is 0 Å². The monoisotopic (exact) mass is 288 g/mol. The predicted octanol–water partition coefficient (Wildman–Crippen LogP) is 2.11. The van der Waals surface area contributed by atoms with Crippen LogP contribution in [0.4, 0.5) is 0 Å². The summed E-state index contributed by atoms with van der Waals surface area (Å²) in [6.45, 7) is 0.542. The Labute approximate surface area is 123 Å². The number of hydrogen-bond acceptors (Lipinski definition) is 3. The molecule has 0 aliphatic carbocycles. The number of amides is 1. The SMILES string of the molecule is CN(Cc1ccoc1)C(=O)Cc1ccc(C(N)=S)cc1. The van der Waals surface area contributed by atoms with Crippen LogP contribution in [-0.4, -0.2) is 22.8 Å². The molecule has 1 amide bonds. The lowest BCUT2D eigenvalue weighted by Crippen LogP contribution is -2.27. The Morgan fingerprint density at radius 3 is 2.50 bits per heavy atom. The van der Waals surface area contributed by atoms with Crippen molar-refractivity contribution in [2.45, 2.75) is 13.0 Å². The lowest BCUT2D eigenvalue weighted by molar-refractivity contribution is -0.129. The minimum absolute atomic E-state index is 0.0503. The Morgan fingerprint density at radius 2 is 1.95 bits per heavy atom. The van der Waals surface area contributed by atoms with E-state index < -0.39 is 0 Å². The van der Waals surface area contributed by atoms with Crippen molar-refractivity contribution in [1.29, 1.82) is 0 Å². The van der Waals surface area contributed by atoms with Gasteiger partial charge < -0.3 is 15.1 Å². The van der Waals surface area contributed by atoms with Crippen LogP contribution in [0.1, 0.15) is 16.7 Å². The van der Waals surface area contributed by atoms with Crippen molar-refractivity contribution in [2.75, 3.05) is 7.05 Å². The zero-order valence-electron chi connectivity index (χ0n) is 11.2. The first-order valence-electron chi connectivity index (χ1n) is 6.20. The second-order valence-corrected chi connectivity index (χ2v) is 5.06. The van der Waals surface area contributed by atoms with Gasteiger partial charge in [-0.05, 0) is 11.6 Å². The molecule has 0 unspecified atom stereocenters. The molecule has 104 valence electrons. The van der Waals surface area contributed by atoms with Gasteiger partial charge in [0.25, 0.3) is 0 Å². The number of hydrogen-bond donors (Lipinski definition) is 1. The molecular formula is C15H16N2O2S. The fourth-order valence-electron chi connectivity index (χ4n) is 1.84. The van der Waals surface area contributed by atoms with Crippen molar-refractivity contribution < 1.29 is 9.21 Å². The summed E-state index contributed by atoms with van der Waals surface area (Å²) in [7, 11) is 1.78. The molecule has 0 atom stereocenters. The molecule has 0 aliphatic heterocycles. The van der Waals surface area contributed by atoms with Gasteiger partial charge in [-0.2, -0.15) is 0 Å². The second-order valence-electron chi connectivity index (χ2n) is 4.62. The van der Waals surface area contributed by atoms with Crippen molar-refractivity contribution in [3.8, 4) is 0 Å². The smallest absolute Gasteiger partial charge is 0.227 e. The van der Waals surface area contributed by atoms with Crippen molar-refractivity contribution in [3.63, 3.8) is 0 Å². The molecule has 0 radical (unpaired) electrons. The van der Waals surface area contributed by atoms with E-state index in [9.17, 15) is 4.79 Å². The Balaban J connectivity index is 1.95. The third-order valence-electron chi connectivity index (χ3n) is 3.02. The Morgan fingerprint density at radius 1 is 1.25 bits per heavy atom. The highest BCUT2D eigenvalue weighted by molar-refractivity contribution is 7.80. The minimum Gasteiger partial charge on any atom is -0.472 e. The number of nitrogens with two attached hydrogens (primary N) is 1. The van der Waals surface area contributed by atoms with E-state index >= 15 is 0 Å². The van der Waals surface area contributed by atoms with Gasteiger partial charge in [0.05, 0.1) is 18.9 Å². The second kappa shape index (κ2) is 6.34. The number of carbonyl (C=O) groups is 1. The van der Waals surface area contributed by atoms with E-state index in [-0.39, 0.29) is 5.91 Å². The van der Waals surface area contributed by atoms with Gasteiger partial charge in [-0.25, -0.2) is 0 Å². The fourth-order valence-corrected chi connectivity index (χ4v) is 1.98. The van der Waals surface area contributed by atoms with E-state index in [2.05, 4.69) is 0 Å². The highest BCUT2D eigenvalue weighted by Gasteiger charge is 2.11. The summed E-state index contributed by atoms with van der Waals surface area (Å²) in [5.41, 5.74) is 8.26. The number of nitrogens with zero attached hydrogens (tertiary/aromatic N) is 1. The van der Waals surface area contributed by atoms with Crippen LogP contribution < -0.4 is 5.73 Å². The summed E-state index contributed by atoms with van der Waals surface area (Å²) >= 11 is 4.89. The van der Waals surface area contributed by atoms with Crippen molar-refractivity contribution >= 4 is 23.1 Å². The minimum atomic E-state index is 0.0503. The third-order valence-corrected chi connectivity index (χ3v) is 3.26. The maximum Gasteiger partial charge on any atom is 0.227 e. The Bertz CT molecular complexity index is 591. The Kier molecular flexibility index (Phi) is 4.53. The van der Waals surface area contributed by atoms with E-state index in [0.29, 0.717) is 18.0 Å². The van der Waals surface area contributed by atoms with Gasteiger partial charge in [0.15, 0.2) is 0 Å². The van der Waals surface area contributed by atoms with Crippen LogP contribution in [-0.2, 0) is 17.8 Å². The van der Waals surface area contributed by atoms with E-state index in [1.54, 1.807) is 24.5 Å². The van der Waals surface area contributed by atoms with E-state index in [0.717, 1.165) is 16.7 Å². The van der Waals surface area contributed by atoms with Crippen LogP contribution in [0, 0.1) is 0 Å².